The third kappa shape index (κ3) is 3.71. The van der Waals surface area contributed by atoms with Gasteiger partial charge in [-0.05, 0) is 59.1 Å². The van der Waals surface area contributed by atoms with Crippen LogP contribution in [-0.2, 0) is 6.54 Å². The molecule has 3 aromatic rings. The van der Waals surface area contributed by atoms with Gasteiger partial charge in [0, 0.05) is 30.6 Å². The van der Waals surface area contributed by atoms with Gasteiger partial charge in [0.25, 0.3) is 11.5 Å². The number of hydrogen-bond donors (Lipinski definition) is 0. The average molecular weight is 429 g/mol. The van der Waals surface area contributed by atoms with Crippen LogP contribution < -0.4 is 5.56 Å². The van der Waals surface area contributed by atoms with E-state index in [2.05, 4.69) is 26.0 Å². The summed E-state index contributed by atoms with van der Waals surface area (Å²) in [4.78, 5) is 30.8. The molecule has 1 aliphatic rings. The predicted molar refractivity (Wildman–Crippen MR) is 102 cm³/mol. The first kappa shape index (κ1) is 17.7. The first-order chi connectivity index (χ1) is 13.1. The van der Waals surface area contributed by atoms with Crippen molar-refractivity contribution in [3.05, 3.63) is 69.6 Å². The number of carbonyl (C=O) groups excluding carboxylic acids is 1. The minimum absolute atomic E-state index is 0.0979. The van der Waals surface area contributed by atoms with Crippen LogP contribution in [0.15, 0.2) is 62.7 Å². The van der Waals surface area contributed by atoms with Gasteiger partial charge in [0.1, 0.15) is 0 Å². The van der Waals surface area contributed by atoms with Crippen LogP contribution in [-0.4, -0.2) is 38.2 Å². The maximum absolute atomic E-state index is 12.7. The number of likely N-dealkylation sites (tertiary alicyclic amines) is 1. The van der Waals surface area contributed by atoms with Gasteiger partial charge in [0.15, 0.2) is 10.4 Å². The third-order valence-corrected chi connectivity index (χ3v) is 5.07. The summed E-state index contributed by atoms with van der Waals surface area (Å²) in [5.41, 5.74) is 1.40. The van der Waals surface area contributed by atoms with E-state index in [4.69, 9.17) is 4.42 Å². The van der Waals surface area contributed by atoms with Crippen molar-refractivity contribution in [3.63, 3.8) is 0 Å². The van der Waals surface area contributed by atoms with Crippen molar-refractivity contribution >= 4 is 21.8 Å². The van der Waals surface area contributed by atoms with Gasteiger partial charge in [-0.15, -0.1) is 0 Å². The van der Waals surface area contributed by atoms with Crippen molar-refractivity contribution in [1.29, 1.82) is 0 Å². The summed E-state index contributed by atoms with van der Waals surface area (Å²) < 4.78 is 7.34. The Labute approximate surface area is 163 Å². The zero-order valence-corrected chi connectivity index (χ0v) is 16.0. The van der Waals surface area contributed by atoms with Gasteiger partial charge >= 0.3 is 0 Å². The number of halogens is 1. The minimum Gasteiger partial charge on any atom is -0.444 e. The smallest absolute Gasteiger partial charge is 0.289 e. The second kappa shape index (κ2) is 7.48. The van der Waals surface area contributed by atoms with Crippen molar-refractivity contribution in [1.82, 2.24) is 19.7 Å². The molecule has 0 spiro atoms. The Kier molecular flexibility index (Phi) is 4.89. The second-order valence-electron chi connectivity index (χ2n) is 6.37. The number of nitrogens with zero attached hydrogens (tertiary/aromatic N) is 4. The summed E-state index contributed by atoms with van der Waals surface area (Å²) in [6.45, 7) is 0.992. The quantitative estimate of drug-likeness (QED) is 0.637. The first-order valence-electron chi connectivity index (χ1n) is 8.67. The van der Waals surface area contributed by atoms with Crippen LogP contribution in [0.2, 0.25) is 0 Å². The molecule has 138 valence electrons. The normalized spacial score (nSPS) is 16.6. The Morgan fingerprint density at radius 1 is 1.19 bits per heavy atom. The summed E-state index contributed by atoms with van der Waals surface area (Å²) in [6, 6.07) is 10.1. The summed E-state index contributed by atoms with van der Waals surface area (Å²) in [5, 5.41) is 4.48. The zero-order chi connectivity index (χ0) is 18.8. The Bertz CT molecular complexity index is 1020. The fourth-order valence-corrected chi connectivity index (χ4v) is 3.63. The van der Waals surface area contributed by atoms with E-state index in [1.54, 1.807) is 35.5 Å². The van der Waals surface area contributed by atoms with Crippen molar-refractivity contribution < 1.29 is 9.21 Å². The topological polar surface area (TPSA) is 81.2 Å². The number of carbonyl (C=O) groups is 1. The van der Waals surface area contributed by atoms with Crippen LogP contribution in [0.25, 0.3) is 11.3 Å². The number of amides is 1. The highest BCUT2D eigenvalue weighted by molar-refractivity contribution is 9.10. The molecule has 4 heterocycles. The highest BCUT2D eigenvalue weighted by atomic mass is 79.9. The van der Waals surface area contributed by atoms with E-state index in [1.165, 1.54) is 10.7 Å². The monoisotopic (exact) mass is 428 g/mol. The van der Waals surface area contributed by atoms with E-state index in [1.807, 2.05) is 12.1 Å². The molecule has 1 aliphatic heterocycles. The first-order valence-corrected chi connectivity index (χ1v) is 9.46. The lowest BCUT2D eigenvalue weighted by Gasteiger charge is -2.24. The second-order valence-corrected chi connectivity index (χ2v) is 7.15. The number of aromatic nitrogens is 3. The van der Waals surface area contributed by atoms with Crippen molar-refractivity contribution in [2.45, 2.75) is 25.4 Å². The molecule has 1 saturated heterocycles. The molecular weight excluding hydrogens is 412 g/mol. The molecule has 1 fully saturated rings. The molecule has 1 unspecified atom stereocenters. The molecule has 27 heavy (non-hydrogen) atoms. The van der Waals surface area contributed by atoms with Crippen LogP contribution in [0.4, 0.5) is 0 Å². The molecule has 0 N–H and O–H groups in total. The molecule has 1 atom stereocenters. The maximum Gasteiger partial charge on any atom is 0.289 e. The van der Waals surface area contributed by atoms with Gasteiger partial charge in [0.2, 0.25) is 0 Å². The van der Waals surface area contributed by atoms with Crippen molar-refractivity contribution in [2.24, 2.45) is 0 Å². The number of furan rings is 1. The van der Waals surface area contributed by atoms with Crippen molar-refractivity contribution in [2.75, 3.05) is 6.54 Å². The van der Waals surface area contributed by atoms with E-state index in [9.17, 15) is 9.59 Å². The SMILES string of the molecule is O=C(c1ccc(Br)o1)N1CCCC1Cn1nc(-c2ccncc2)ccc1=O. The molecule has 8 heteroatoms. The summed E-state index contributed by atoms with van der Waals surface area (Å²) in [7, 11) is 0. The lowest BCUT2D eigenvalue weighted by Crippen LogP contribution is -2.40. The molecule has 1 amide bonds. The van der Waals surface area contributed by atoms with Crippen LogP contribution in [0.1, 0.15) is 23.4 Å². The molecule has 0 bridgehead atoms. The zero-order valence-electron chi connectivity index (χ0n) is 14.4. The molecule has 0 radical (unpaired) electrons. The van der Waals surface area contributed by atoms with Crippen LogP contribution in [0.5, 0.6) is 0 Å². The molecular formula is C19H17BrN4O3. The largest absolute Gasteiger partial charge is 0.444 e. The highest BCUT2D eigenvalue weighted by Gasteiger charge is 2.31. The maximum atomic E-state index is 12.7. The number of pyridine rings is 1. The lowest BCUT2D eigenvalue weighted by atomic mass is 10.2. The number of rotatable bonds is 4. The van der Waals surface area contributed by atoms with E-state index < -0.39 is 0 Å². The summed E-state index contributed by atoms with van der Waals surface area (Å²) >= 11 is 3.22. The van der Waals surface area contributed by atoms with Gasteiger partial charge < -0.3 is 9.32 Å². The number of hydrogen-bond acceptors (Lipinski definition) is 5. The van der Waals surface area contributed by atoms with Crippen molar-refractivity contribution in [3.8, 4) is 11.3 Å². The van der Waals surface area contributed by atoms with E-state index >= 15 is 0 Å². The predicted octanol–water partition coefficient (Wildman–Crippen LogP) is 2.97. The Balaban J connectivity index is 1.58. The average Bonchev–Trinajstić information content (AvgIpc) is 3.33. The lowest BCUT2D eigenvalue weighted by molar-refractivity contribution is 0.0687. The molecule has 7 nitrogen and oxygen atoms in total. The van der Waals surface area contributed by atoms with Crippen LogP contribution in [0, 0.1) is 0 Å². The summed E-state index contributed by atoms with van der Waals surface area (Å²) in [5.74, 6) is 0.126. The van der Waals surface area contributed by atoms with Gasteiger partial charge in [-0.1, -0.05) is 0 Å². The Morgan fingerprint density at radius 2 is 2.00 bits per heavy atom. The molecule has 0 aliphatic carbocycles. The van der Waals surface area contributed by atoms with E-state index in [0.29, 0.717) is 29.2 Å². The standard InChI is InChI=1S/C19H17BrN4O3/c20-17-5-4-16(27-17)19(26)23-11-1-2-14(23)12-24-18(25)6-3-15(22-24)13-7-9-21-10-8-13/h3-10,14H,1-2,11-12H2. The van der Waals surface area contributed by atoms with Crippen LogP contribution in [0.3, 0.4) is 0 Å². The Morgan fingerprint density at radius 3 is 2.74 bits per heavy atom. The molecule has 0 aromatic carbocycles. The summed E-state index contributed by atoms with van der Waals surface area (Å²) in [6.07, 6.45) is 5.08. The minimum atomic E-state index is -0.187. The fraction of sp³-hybridized carbons (Fsp3) is 0.263. The molecule has 4 rings (SSSR count). The highest BCUT2D eigenvalue weighted by Crippen LogP contribution is 2.23. The molecule has 0 saturated carbocycles. The fourth-order valence-electron chi connectivity index (χ4n) is 3.32. The van der Waals surface area contributed by atoms with Gasteiger partial charge in [-0.2, -0.15) is 5.10 Å². The Hall–Kier alpha value is -2.74. The van der Waals surface area contributed by atoms with Gasteiger partial charge in [-0.3, -0.25) is 14.6 Å². The van der Waals surface area contributed by atoms with Gasteiger partial charge in [-0.25, -0.2) is 4.68 Å². The van der Waals surface area contributed by atoms with Gasteiger partial charge in [0.05, 0.1) is 18.3 Å². The van der Waals surface area contributed by atoms with Crippen LogP contribution >= 0.6 is 15.9 Å². The molecule has 3 aromatic heterocycles. The third-order valence-electron chi connectivity index (χ3n) is 4.65. The van der Waals surface area contributed by atoms with E-state index in [0.717, 1.165) is 18.4 Å². The van der Waals surface area contributed by atoms with E-state index in [-0.39, 0.29) is 17.5 Å².